The number of furan rings is 1. The number of hydrogen-bond donors (Lipinski definition) is 1. The van der Waals surface area contributed by atoms with E-state index in [0.29, 0.717) is 5.56 Å². The lowest BCUT2D eigenvalue weighted by Gasteiger charge is -2.08. The van der Waals surface area contributed by atoms with Crippen LogP contribution in [0.5, 0.6) is 0 Å². The number of nitrogens with zero attached hydrogens (tertiary/aromatic N) is 1. The molecule has 0 radical (unpaired) electrons. The zero-order chi connectivity index (χ0) is 17.2. The van der Waals surface area contributed by atoms with Gasteiger partial charge in [-0.1, -0.05) is 17.7 Å². The van der Waals surface area contributed by atoms with E-state index >= 15 is 0 Å². The number of sulfonamides is 1. The Hall–Kier alpha value is -2.22. The van der Waals surface area contributed by atoms with Gasteiger partial charge < -0.3 is 4.42 Å². The molecule has 24 heavy (non-hydrogen) atoms. The van der Waals surface area contributed by atoms with Crippen molar-refractivity contribution in [3.05, 3.63) is 71.5 Å². The van der Waals surface area contributed by atoms with Crippen molar-refractivity contribution in [1.29, 1.82) is 0 Å². The predicted molar refractivity (Wildman–Crippen MR) is 87.4 cm³/mol. The van der Waals surface area contributed by atoms with Gasteiger partial charge in [0.15, 0.2) is 0 Å². The Kier molecular flexibility index (Phi) is 4.66. The standard InChI is InChI=1S/C16H12ClFN2O3S/c17-14-7-13(2-3-15(14)18)24(21,22)20-9-11-1-4-16(19-8-11)12-5-6-23-10-12/h1-8,10,20H,9H2. The summed E-state index contributed by atoms with van der Waals surface area (Å²) in [5, 5.41) is -0.246. The molecule has 0 fully saturated rings. The van der Waals surface area contributed by atoms with Gasteiger partial charge in [0.25, 0.3) is 0 Å². The summed E-state index contributed by atoms with van der Waals surface area (Å²) in [7, 11) is -3.79. The van der Waals surface area contributed by atoms with E-state index in [-0.39, 0.29) is 16.5 Å². The molecule has 0 saturated carbocycles. The van der Waals surface area contributed by atoms with Crippen LogP contribution in [0.15, 0.2) is 64.4 Å². The highest BCUT2D eigenvalue weighted by Gasteiger charge is 2.15. The van der Waals surface area contributed by atoms with Crippen LogP contribution >= 0.6 is 11.6 Å². The molecule has 3 aromatic rings. The number of aromatic nitrogens is 1. The molecule has 0 spiro atoms. The van der Waals surface area contributed by atoms with Gasteiger partial charge in [-0.15, -0.1) is 0 Å². The van der Waals surface area contributed by atoms with Gasteiger partial charge in [0.05, 0.1) is 28.1 Å². The lowest BCUT2D eigenvalue weighted by Crippen LogP contribution is -2.23. The van der Waals surface area contributed by atoms with Gasteiger partial charge in [0.1, 0.15) is 5.82 Å². The van der Waals surface area contributed by atoms with Gasteiger partial charge >= 0.3 is 0 Å². The number of halogens is 2. The molecule has 0 amide bonds. The number of benzene rings is 1. The van der Waals surface area contributed by atoms with E-state index in [9.17, 15) is 12.8 Å². The Labute approximate surface area is 143 Å². The van der Waals surface area contributed by atoms with Crippen LogP contribution in [-0.2, 0) is 16.6 Å². The molecule has 0 aliphatic heterocycles. The second kappa shape index (κ2) is 6.72. The Morgan fingerprint density at radius 2 is 2.04 bits per heavy atom. The second-order valence-corrected chi connectivity index (χ2v) is 7.14. The summed E-state index contributed by atoms with van der Waals surface area (Å²) in [6.07, 6.45) is 4.69. The third-order valence-corrected chi connectivity index (χ3v) is 5.00. The molecule has 8 heteroatoms. The van der Waals surface area contributed by atoms with E-state index in [1.165, 1.54) is 0 Å². The van der Waals surface area contributed by atoms with Crippen LogP contribution in [-0.4, -0.2) is 13.4 Å². The molecule has 0 aliphatic rings. The topological polar surface area (TPSA) is 72.2 Å². The third kappa shape index (κ3) is 3.64. The highest BCUT2D eigenvalue weighted by Crippen LogP contribution is 2.20. The van der Waals surface area contributed by atoms with Crippen LogP contribution in [0.2, 0.25) is 5.02 Å². The van der Waals surface area contributed by atoms with Crippen molar-refractivity contribution in [3.8, 4) is 11.3 Å². The molecule has 124 valence electrons. The van der Waals surface area contributed by atoms with E-state index in [4.69, 9.17) is 16.0 Å². The predicted octanol–water partition coefficient (Wildman–Crippen LogP) is 3.61. The van der Waals surface area contributed by atoms with Crippen molar-refractivity contribution in [3.63, 3.8) is 0 Å². The molecule has 2 heterocycles. The fourth-order valence-electron chi connectivity index (χ4n) is 2.02. The average molecular weight is 367 g/mol. The third-order valence-electron chi connectivity index (χ3n) is 3.31. The summed E-state index contributed by atoms with van der Waals surface area (Å²) in [4.78, 5) is 4.15. The first kappa shape index (κ1) is 16.6. The first-order valence-electron chi connectivity index (χ1n) is 6.88. The van der Waals surface area contributed by atoms with Crippen LogP contribution in [0, 0.1) is 5.82 Å². The number of nitrogens with one attached hydrogen (secondary N) is 1. The quantitative estimate of drug-likeness (QED) is 0.748. The van der Waals surface area contributed by atoms with Gasteiger partial charge in [0.2, 0.25) is 10.0 Å². The first-order chi connectivity index (χ1) is 11.5. The lowest BCUT2D eigenvalue weighted by atomic mass is 10.2. The molecular weight excluding hydrogens is 355 g/mol. The highest BCUT2D eigenvalue weighted by molar-refractivity contribution is 7.89. The fraction of sp³-hybridized carbons (Fsp3) is 0.0625. The van der Waals surface area contributed by atoms with Crippen molar-refractivity contribution < 1.29 is 17.2 Å². The summed E-state index contributed by atoms with van der Waals surface area (Å²) in [5.41, 5.74) is 2.24. The molecule has 0 unspecified atom stereocenters. The number of rotatable bonds is 5. The normalized spacial score (nSPS) is 11.6. The van der Waals surface area contributed by atoms with Gasteiger partial charge in [-0.05, 0) is 35.9 Å². The summed E-state index contributed by atoms with van der Waals surface area (Å²) in [6.45, 7) is 0.0516. The van der Waals surface area contributed by atoms with Crippen LogP contribution in [0.4, 0.5) is 4.39 Å². The van der Waals surface area contributed by atoms with E-state index in [1.807, 2.05) is 0 Å². The fourth-order valence-corrected chi connectivity index (χ4v) is 3.30. The number of pyridine rings is 1. The zero-order valence-corrected chi connectivity index (χ0v) is 13.8. The average Bonchev–Trinajstić information content (AvgIpc) is 3.10. The van der Waals surface area contributed by atoms with Crippen LogP contribution in [0.25, 0.3) is 11.3 Å². The molecular formula is C16H12ClFN2O3S. The maximum absolute atomic E-state index is 13.1. The number of hydrogen-bond acceptors (Lipinski definition) is 4. The molecule has 0 saturated heterocycles. The summed E-state index contributed by atoms with van der Waals surface area (Å²) in [5.74, 6) is -0.672. The smallest absolute Gasteiger partial charge is 0.240 e. The molecule has 3 rings (SSSR count). The summed E-state index contributed by atoms with van der Waals surface area (Å²) < 4.78 is 44.9. The largest absolute Gasteiger partial charge is 0.472 e. The monoisotopic (exact) mass is 366 g/mol. The SMILES string of the molecule is O=S(=O)(NCc1ccc(-c2ccoc2)nc1)c1ccc(F)c(Cl)c1. The zero-order valence-electron chi connectivity index (χ0n) is 12.2. The minimum absolute atomic E-state index is 0.0516. The van der Waals surface area contributed by atoms with Crippen molar-refractivity contribution in [1.82, 2.24) is 9.71 Å². The van der Waals surface area contributed by atoms with E-state index in [2.05, 4.69) is 9.71 Å². The van der Waals surface area contributed by atoms with E-state index in [0.717, 1.165) is 29.5 Å². The summed E-state index contributed by atoms with van der Waals surface area (Å²) in [6, 6.07) is 8.54. The van der Waals surface area contributed by atoms with Crippen molar-refractivity contribution >= 4 is 21.6 Å². The maximum Gasteiger partial charge on any atom is 0.240 e. The van der Waals surface area contributed by atoms with Crippen molar-refractivity contribution in [2.75, 3.05) is 0 Å². The lowest BCUT2D eigenvalue weighted by molar-refractivity contribution is 0.568. The van der Waals surface area contributed by atoms with Crippen LogP contribution < -0.4 is 4.72 Å². The summed E-state index contributed by atoms with van der Waals surface area (Å²) >= 11 is 5.62. The van der Waals surface area contributed by atoms with Gasteiger partial charge in [0, 0.05) is 18.3 Å². The Morgan fingerprint density at radius 1 is 1.21 bits per heavy atom. The van der Waals surface area contributed by atoms with Gasteiger partial charge in [-0.2, -0.15) is 0 Å². The minimum Gasteiger partial charge on any atom is -0.472 e. The highest BCUT2D eigenvalue weighted by atomic mass is 35.5. The van der Waals surface area contributed by atoms with Crippen molar-refractivity contribution in [2.45, 2.75) is 11.4 Å². The second-order valence-electron chi connectivity index (χ2n) is 4.96. The Morgan fingerprint density at radius 3 is 2.67 bits per heavy atom. The molecule has 2 aromatic heterocycles. The van der Waals surface area contributed by atoms with Crippen molar-refractivity contribution in [2.24, 2.45) is 0 Å². The molecule has 0 atom stereocenters. The Balaban J connectivity index is 1.71. The first-order valence-corrected chi connectivity index (χ1v) is 8.74. The maximum atomic E-state index is 13.1. The molecule has 0 aliphatic carbocycles. The molecule has 1 N–H and O–H groups in total. The van der Waals surface area contributed by atoms with Gasteiger partial charge in [-0.3, -0.25) is 4.98 Å². The Bertz CT molecular complexity index is 942. The minimum atomic E-state index is -3.79. The van der Waals surface area contributed by atoms with E-state index in [1.54, 1.807) is 36.9 Å². The van der Waals surface area contributed by atoms with Crippen LogP contribution in [0.1, 0.15) is 5.56 Å². The molecule has 1 aromatic carbocycles. The molecule has 0 bridgehead atoms. The van der Waals surface area contributed by atoms with Gasteiger partial charge in [-0.25, -0.2) is 17.5 Å². The molecule has 5 nitrogen and oxygen atoms in total. The van der Waals surface area contributed by atoms with Crippen LogP contribution in [0.3, 0.4) is 0 Å². The van der Waals surface area contributed by atoms with E-state index < -0.39 is 15.8 Å².